The maximum Gasteiger partial charge on any atom is 0.290 e. The van der Waals surface area contributed by atoms with E-state index in [0.717, 1.165) is 28.3 Å². The summed E-state index contributed by atoms with van der Waals surface area (Å²) in [5.41, 5.74) is 7.81. The van der Waals surface area contributed by atoms with E-state index >= 15 is 0 Å². The number of furan rings is 1. The fraction of sp³-hybridized carbons (Fsp3) is 0. The molecule has 0 radical (unpaired) electrons. The van der Waals surface area contributed by atoms with Crippen molar-refractivity contribution in [1.29, 1.82) is 0 Å². The normalized spacial score (nSPS) is 15.6. The second-order valence-electron chi connectivity index (χ2n) is 5.55. The van der Waals surface area contributed by atoms with Gasteiger partial charge in [-0.2, -0.15) is 0 Å². The van der Waals surface area contributed by atoms with Crippen LogP contribution < -0.4 is 11.1 Å². The molecule has 1 aromatic carbocycles. The largest absolute Gasteiger partial charge is 0.456 e. The Balaban J connectivity index is 1.76. The lowest BCUT2D eigenvalue weighted by molar-refractivity contribution is -0.115. The Morgan fingerprint density at radius 1 is 1.19 bits per heavy atom. The van der Waals surface area contributed by atoms with E-state index in [1.807, 2.05) is 0 Å². The molecule has 128 valence electrons. The third-order valence-electron chi connectivity index (χ3n) is 3.84. The summed E-state index contributed by atoms with van der Waals surface area (Å²) in [5.74, 6) is -0.502. The summed E-state index contributed by atoms with van der Waals surface area (Å²) in [6.45, 7) is 0. The maximum absolute atomic E-state index is 11.7. The van der Waals surface area contributed by atoms with Gasteiger partial charge in [-0.3, -0.25) is 24.7 Å². The predicted octanol–water partition coefficient (Wildman–Crippen LogP) is 2.92. The molecule has 3 amide bonds. The van der Waals surface area contributed by atoms with Crippen molar-refractivity contribution in [2.24, 2.45) is 5.73 Å². The quantitative estimate of drug-likeness (QED) is 0.690. The van der Waals surface area contributed by atoms with Crippen LogP contribution in [-0.4, -0.2) is 22.0 Å². The Morgan fingerprint density at radius 3 is 2.62 bits per heavy atom. The van der Waals surface area contributed by atoms with E-state index in [2.05, 4.69) is 10.3 Å². The van der Waals surface area contributed by atoms with E-state index in [-0.39, 0.29) is 4.91 Å². The number of fused-ring (bicyclic) bond motifs is 1. The molecule has 3 heterocycles. The molecule has 0 atom stereocenters. The van der Waals surface area contributed by atoms with Crippen molar-refractivity contribution in [1.82, 2.24) is 10.3 Å². The van der Waals surface area contributed by atoms with Crippen LogP contribution in [0.3, 0.4) is 0 Å². The average molecular weight is 365 g/mol. The average Bonchev–Trinajstić information content (AvgIpc) is 3.17. The van der Waals surface area contributed by atoms with Gasteiger partial charge in [0.05, 0.1) is 4.91 Å². The first-order valence-electron chi connectivity index (χ1n) is 7.54. The highest BCUT2D eigenvalue weighted by Crippen LogP contribution is 2.32. The molecule has 0 spiro atoms. The van der Waals surface area contributed by atoms with Crippen LogP contribution in [0, 0.1) is 0 Å². The van der Waals surface area contributed by atoms with Crippen LogP contribution >= 0.6 is 11.8 Å². The number of nitrogens with two attached hydrogens (primary N) is 1. The van der Waals surface area contributed by atoms with Crippen LogP contribution in [-0.2, 0) is 4.79 Å². The summed E-state index contributed by atoms with van der Waals surface area (Å²) in [5, 5.41) is 2.54. The lowest BCUT2D eigenvalue weighted by Crippen LogP contribution is -2.17. The number of amides is 3. The number of nitrogens with zero attached hydrogens (tertiary/aromatic N) is 1. The van der Waals surface area contributed by atoms with Gasteiger partial charge in [0.25, 0.3) is 11.1 Å². The molecule has 3 aromatic rings. The number of rotatable bonds is 3. The highest BCUT2D eigenvalue weighted by atomic mass is 32.2. The fourth-order valence-corrected chi connectivity index (χ4v) is 3.29. The summed E-state index contributed by atoms with van der Waals surface area (Å²) in [4.78, 5) is 38.6. The summed E-state index contributed by atoms with van der Waals surface area (Å²) >= 11 is 0.825. The molecule has 1 fully saturated rings. The van der Waals surface area contributed by atoms with E-state index < -0.39 is 17.1 Å². The van der Waals surface area contributed by atoms with E-state index in [1.54, 1.807) is 42.7 Å². The summed E-state index contributed by atoms with van der Waals surface area (Å²) in [6, 6.07) is 8.53. The van der Waals surface area contributed by atoms with Crippen molar-refractivity contribution in [2.45, 2.75) is 0 Å². The number of hydrogen-bond donors (Lipinski definition) is 2. The highest BCUT2D eigenvalue weighted by molar-refractivity contribution is 8.18. The van der Waals surface area contributed by atoms with Crippen molar-refractivity contribution >= 4 is 45.9 Å². The van der Waals surface area contributed by atoms with E-state index in [0.29, 0.717) is 16.9 Å². The fourth-order valence-electron chi connectivity index (χ4n) is 2.62. The van der Waals surface area contributed by atoms with Crippen LogP contribution in [0.1, 0.15) is 16.1 Å². The van der Waals surface area contributed by atoms with Crippen LogP contribution in [0.5, 0.6) is 0 Å². The topological polar surface area (TPSA) is 115 Å². The number of aromatic nitrogens is 1. The number of carbonyl (C=O) groups is 3. The number of hydrogen-bond acceptors (Lipinski definition) is 6. The second kappa shape index (κ2) is 6.16. The molecular formula is C18H11N3O4S. The van der Waals surface area contributed by atoms with Gasteiger partial charge in [0.15, 0.2) is 0 Å². The Kier molecular flexibility index (Phi) is 3.81. The minimum atomic E-state index is -0.498. The first kappa shape index (κ1) is 16.1. The summed E-state index contributed by atoms with van der Waals surface area (Å²) in [7, 11) is 0. The lowest BCUT2D eigenvalue weighted by atomic mass is 10.0. The number of primary amides is 1. The number of pyridine rings is 1. The molecule has 4 rings (SSSR count). The standard InChI is InChI=1S/C18H11N3O4S/c19-16(22)10-3-1-9(2-4-10)13-8-20-7-11-5-12(25-15(11)13)6-14-17(23)21-18(24)26-14/h1-8H,(H2,19,22)(H,21,23,24)/b14-6-. The molecule has 0 aliphatic carbocycles. The molecule has 0 bridgehead atoms. The van der Waals surface area contributed by atoms with Gasteiger partial charge in [0, 0.05) is 35.0 Å². The van der Waals surface area contributed by atoms with E-state index in [1.165, 1.54) is 6.08 Å². The van der Waals surface area contributed by atoms with Gasteiger partial charge in [-0.15, -0.1) is 0 Å². The zero-order valence-electron chi connectivity index (χ0n) is 13.2. The van der Waals surface area contributed by atoms with Gasteiger partial charge in [-0.05, 0) is 35.5 Å². The number of benzene rings is 1. The van der Waals surface area contributed by atoms with Crippen molar-refractivity contribution in [3.05, 3.63) is 59.0 Å². The van der Waals surface area contributed by atoms with Gasteiger partial charge in [0.1, 0.15) is 11.3 Å². The Bertz CT molecular complexity index is 1100. The van der Waals surface area contributed by atoms with Crippen molar-refractivity contribution in [3.8, 4) is 11.1 Å². The highest BCUT2D eigenvalue weighted by Gasteiger charge is 2.25. The summed E-state index contributed by atoms with van der Waals surface area (Å²) < 4.78 is 5.86. The van der Waals surface area contributed by atoms with E-state index in [9.17, 15) is 14.4 Å². The number of carbonyl (C=O) groups excluding carboxylic acids is 3. The Morgan fingerprint density at radius 2 is 1.96 bits per heavy atom. The lowest BCUT2D eigenvalue weighted by Gasteiger charge is -2.03. The van der Waals surface area contributed by atoms with Crippen LogP contribution in [0.15, 0.2) is 52.0 Å². The zero-order chi connectivity index (χ0) is 18.3. The monoisotopic (exact) mass is 365 g/mol. The minimum Gasteiger partial charge on any atom is -0.456 e. The Labute approximate surface area is 151 Å². The van der Waals surface area contributed by atoms with Crippen molar-refractivity contribution in [3.63, 3.8) is 0 Å². The van der Waals surface area contributed by atoms with E-state index in [4.69, 9.17) is 10.2 Å². The zero-order valence-corrected chi connectivity index (χ0v) is 14.0. The molecule has 1 saturated heterocycles. The molecule has 3 N–H and O–H groups in total. The van der Waals surface area contributed by atoms with Gasteiger partial charge < -0.3 is 10.2 Å². The third kappa shape index (κ3) is 2.86. The molecule has 8 heteroatoms. The predicted molar refractivity (Wildman–Crippen MR) is 97.1 cm³/mol. The first-order valence-corrected chi connectivity index (χ1v) is 8.35. The summed E-state index contributed by atoms with van der Waals surface area (Å²) in [6.07, 6.45) is 4.82. The Hall–Kier alpha value is -3.39. The van der Waals surface area contributed by atoms with Crippen LogP contribution in [0.4, 0.5) is 4.79 Å². The second-order valence-corrected chi connectivity index (χ2v) is 6.56. The SMILES string of the molecule is NC(=O)c1ccc(-c2cncc3cc(/C=C4\SC(=O)NC4=O)oc23)cc1. The molecule has 26 heavy (non-hydrogen) atoms. The molecule has 7 nitrogen and oxygen atoms in total. The maximum atomic E-state index is 11.7. The van der Waals surface area contributed by atoms with Gasteiger partial charge in [-0.25, -0.2) is 0 Å². The van der Waals surface area contributed by atoms with Crippen molar-refractivity contribution < 1.29 is 18.8 Å². The van der Waals surface area contributed by atoms with Crippen molar-refractivity contribution in [2.75, 3.05) is 0 Å². The third-order valence-corrected chi connectivity index (χ3v) is 4.65. The molecule has 1 aliphatic heterocycles. The minimum absolute atomic E-state index is 0.273. The van der Waals surface area contributed by atoms with Crippen LogP contribution in [0.25, 0.3) is 28.2 Å². The molecular weight excluding hydrogens is 354 g/mol. The molecule has 2 aromatic heterocycles. The molecule has 0 unspecified atom stereocenters. The van der Waals surface area contributed by atoms with Gasteiger partial charge >= 0.3 is 0 Å². The molecule has 1 aliphatic rings. The number of imide groups is 1. The molecule has 0 saturated carbocycles. The first-order chi connectivity index (χ1) is 12.5. The van der Waals surface area contributed by atoms with Gasteiger partial charge in [0.2, 0.25) is 5.91 Å². The smallest absolute Gasteiger partial charge is 0.290 e. The van der Waals surface area contributed by atoms with Crippen LogP contribution in [0.2, 0.25) is 0 Å². The number of nitrogens with one attached hydrogen (secondary N) is 1. The number of thioether (sulfide) groups is 1. The van der Waals surface area contributed by atoms with Gasteiger partial charge in [-0.1, -0.05) is 12.1 Å².